The summed E-state index contributed by atoms with van der Waals surface area (Å²) in [6, 6.07) is 8.61. The molecule has 112 valence electrons. The predicted molar refractivity (Wildman–Crippen MR) is 84.0 cm³/mol. The molecule has 0 aliphatic rings. The Labute approximate surface area is 129 Å². The van der Waals surface area contributed by atoms with Gasteiger partial charge in [-0.3, -0.25) is 0 Å². The van der Waals surface area contributed by atoms with Gasteiger partial charge < -0.3 is 9.73 Å². The smallest absolute Gasteiger partial charge is 0.208 e. The molecule has 0 amide bonds. The molecule has 1 N–H and O–H groups in total. The van der Waals surface area contributed by atoms with Crippen molar-refractivity contribution >= 4 is 0 Å². The van der Waals surface area contributed by atoms with E-state index < -0.39 is 0 Å². The molecule has 3 rings (SSSR count). The molecule has 0 bridgehead atoms. The van der Waals surface area contributed by atoms with E-state index in [0.29, 0.717) is 12.4 Å². The Hall–Kier alpha value is -2.53. The zero-order valence-corrected chi connectivity index (χ0v) is 12.7. The first-order chi connectivity index (χ1) is 10.7. The maximum Gasteiger partial charge on any atom is 0.208 e. The van der Waals surface area contributed by atoms with E-state index >= 15 is 0 Å². The molecule has 1 atom stereocenters. The van der Waals surface area contributed by atoms with E-state index in [4.69, 9.17) is 4.42 Å². The fourth-order valence-electron chi connectivity index (χ4n) is 2.25. The van der Waals surface area contributed by atoms with Crippen LogP contribution in [0.5, 0.6) is 0 Å². The quantitative estimate of drug-likeness (QED) is 0.782. The monoisotopic (exact) mass is 294 g/mol. The summed E-state index contributed by atoms with van der Waals surface area (Å²) in [5.74, 6) is 1.54. The largest absolute Gasteiger partial charge is 0.445 e. The van der Waals surface area contributed by atoms with E-state index in [2.05, 4.69) is 51.5 Å². The Balaban J connectivity index is 1.64. The Morgan fingerprint density at radius 3 is 2.41 bits per heavy atom. The Morgan fingerprint density at radius 1 is 1.05 bits per heavy atom. The van der Waals surface area contributed by atoms with Crippen molar-refractivity contribution < 1.29 is 4.42 Å². The van der Waals surface area contributed by atoms with Gasteiger partial charge >= 0.3 is 0 Å². The van der Waals surface area contributed by atoms with Crippen LogP contribution >= 0.6 is 0 Å². The zero-order chi connectivity index (χ0) is 15.4. The van der Waals surface area contributed by atoms with E-state index in [-0.39, 0.29) is 6.04 Å². The fraction of sp³-hybridized carbons (Fsp3) is 0.235. The minimum absolute atomic E-state index is 0.216. The lowest BCUT2D eigenvalue weighted by Gasteiger charge is -2.13. The lowest BCUT2D eigenvalue weighted by atomic mass is 10.0. The standard InChI is InChI=1S/C17H18N4O/c1-12-7-21-17(22-12)10-20-13(2)14-3-5-15(6-4-14)16-8-18-11-19-9-16/h3-9,11,13,20H,10H2,1-2H3/t13-/m0/s1. The van der Waals surface area contributed by atoms with Gasteiger partial charge in [0.05, 0.1) is 12.7 Å². The normalized spacial score (nSPS) is 12.3. The van der Waals surface area contributed by atoms with E-state index in [1.807, 2.05) is 19.3 Å². The minimum atomic E-state index is 0.216. The highest BCUT2D eigenvalue weighted by Gasteiger charge is 2.07. The van der Waals surface area contributed by atoms with Gasteiger partial charge in [0.1, 0.15) is 12.1 Å². The highest BCUT2D eigenvalue weighted by Crippen LogP contribution is 2.20. The van der Waals surface area contributed by atoms with Crippen molar-refractivity contribution in [2.75, 3.05) is 0 Å². The summed E-state index contributed by atoms with van der Waals surface area (Å²) in [7, 11) is 0. The van der Waals surface area contributed by atoms with Crippen LogP contribution in [0.25, 0.3) is 11.1 Å². The SMILES string of the molecule is Cc1cnc(CN[C@@H](C)c2ccc(-c3cncnc3)cc2)o1. The van der Waals surface area contributed by atoms with E-state index in [0.717, 1.165) is 16.9 Å². The minimum Gasteiger partial charge on any atom is -0.445 e. The zero-order valence-electron chi connectivity index (χ0n) is 12.7. The number of nitrogens with zero attached hydrogens (tertiary/aromatic N) is 3. The van der Waals surface area contributed by atoms with Gasteiger partial charge in [0.25, 0.3) is 0 Å². The molecule has 0 radical (unpaired) electrons. The number of aromatic nitrogens is 3. The molecule has 0 aliphatic carbocycles. The van der Waals surface area contributed by atoms with Gasteiger partial charge in [-0.05, 0) is 25.0 Å². The molecular weight excluding hydrogens is 276 g/mol. The molecule has 22 heavy (non-hydrogen) atoms. The molecule has 2 aromatic heterocycles. The van der Waals surface area contributed by atoms with Crippen LogP contribution in [0.15, 0.2) is 53.6 Å². The predicted octanol–water partition coefficient (Wildman–Crippen LogP) is 3.29. The van der Waals surface area contributed by atoms with Crippen molar-refractivity contribution in [2.45, 2.75) is 26.4 Å². The Bertz CT molecular complexity index is 722. The third-order valence-electron chi connectivity index (χ3n) is 3.53. The summed E-state index contributed by atoms with van der Waals surface area (Å²) in [6.45, 7) is 4.63. The highest BCUT2D eigenvalue weighted by atomic mass is 16.4. The van der Waals surface area contributed by atoms with E-state index in [1.165, 1.54) is 11.9 Å². The summed E-state index contributed by atoms with van der Waals surface area (Å²) in [5.41, 5.74) is 3.34. The van der Waals surface area contributed by atoms with Gasteiger partial charge in [0, 0.05) is 24.0 Å². The van der Waals surface area contributed by atoms with Crippen LogP contribution in [0.1, 0.15) is 30.2 Å². The van der Waals surface area contributed by atoms with E-state index in [9.17, 15) is 0 Å². The molecule has 0 saturated carbocycles. The average molecular weight is 294 g/mol. The molecule has 0 spiro atoms. The van der Waals surface area contributed by atoms with Crippen molar-refractivity contribution in [2.24, 2.45) is 0 Å². The van der Waals surface area contributed by atoms with Gasteiger partial charge in [-0.1, -0.05) is 24.3 Å². The van der Waals surface area contributed by atoms with Gasteiger partial charge in [0.15, 0.2) is 0 Å². The molecule has 2 heterocycles. The summed E-state index contributed by atoms with van der Waals surface area (Å²) in [6.07, 6.45) is 6.90. The molecule has 1 aromatic carbocycles. The van der Waals surface area contributed by atoms with Crippen LogP contribution in [-0.4, -0.2) is 15.0 Å². The molecule has 5 nitrogen and oxygen atoms in total. The third-order valence-corrected chi connectivity index (χ3v) is 3.53. The summed E-state index contributed by atoms with van der Waals surface area (Å²) in [5, 5.41) is 3.41. The van der Waals surface area contributed by atoms with Crippen molar-refractivity contribution in [1.29, 1.82) is 0 Å². The van der Waals surface area contributed by atoms with Crippen LogP contribution in [0, 0.1) is 6.92 Å². The van der Waals surface area contributed by atoms with Crippen LogP contribution in [0.4, 0.5) is 0 Å². The average Bonchev–Trinajstić information content (AvgIpc) is 2.99. The maximum atomic E-state index is 5.46. The van der Waals surface area contributed by atoms with Crippen LogP contribution in [0.3, 0.4) is 0 Å². The van der Waals surface area contributed by atoms with Crippen molar-refractivity contribution in [3.05, 3.63) is 66.4 Å². The number of aryl methyl sites for hydroxylation is 1. The molecule has 0 unspecified atom stereocenters. The first-order valence-electron chi connectivity index (χ1n) is 7.22. The van der Waals surface area contributed by atoms with Gasteiger partial charge in [-0.15, -0.1) is 0 Å². The molecule has 0 saturated heterocycles. The number of hydrogen-bond acceptors (Lipinski definition) is 5. The fourth-order valence-corrected chi connectivity index (χ4v) is 2.25. The second kappa shape index (κ2) is 6.49. The second-order valence-electron chi connectivity index (χ2n) is 5.22. The van der Waals surface area contributed by atoms with Gasteiger partial charge in [-0.2, -0.15) is 0 Å². The lowest BCUT2D eigenvalue weighted by molar-refractivity contribution is 0.432. The first-order valence-corrected chi connectivity index (χ1v) is 7.22. The van der Waals surface area contributed by atoms with Crippen LogP contribution in [-0.2, 0) is 6.54 Å². The number of hydrogen-bond donors (Lipinski definition) is 1. The third kappa shape index (κ3) is 3.38. The molecular formula is C17H18N4O. The molecule has 5 heteroatoms. The molecule has 3 aromatic rings. The van der Waals surface area contributed by atoms with E-state index in [1.54, 1.807) is 6.20 Å². The summed E-state index contributed by atoms with van der Waals surface area (Å²) < 4.78 is 5.46. The maximum absolute atomic E-state index is 5.46. The molecule has 0 aliphatic heterocycles. The van der Waals surface area contributed by atoms with Gasteiger partial charge in [0.2, 0.25) is 5.89 Å². The first kappa shape index (κ1) is 14.4. The number of rotatable bonds is 5. The summed E-state index contributed by atoms with van der Waals surface area (Å²) in [4.78, 5) is 12.3. The van der Waals surface area contributed by atoms with Gasteiger partial charge in [-0.25, -0.2) is 15.0 Å². The van der Waals surface area contributed by atoms with Crippen LogP contribution in [0.2, 0.25) is 0 Å². The topological polar surface area (TPSA) is 63.8 Å². The number of benzene rings is 1. The number of nitrogens with one attached hydrogen (secondary N) is 1. The Kier molecular flexibility index (Phi) is 4.25. The van der Waals surface area contributed by atoms with Crippen LogP contribution < -0.4 is 5.32 Å². The lowest BCUT2D eigenvalue weighted by Crippen LogP contribution is -2.18. The highest BCUT2D eigenvalue weighted by molar-refractivity contribution is 5.61. The van der Waals surface area contributed by atoms with Crippen molar-refractivity contribution in [3.63, 3.8) is 0 Å². The second-order valence-corrected chi connectivity index (χ2v) is 5.22. The number of oxazole rings is 1. The summed E-state index contributed by atoms with van der Waals surface area (Å²) >= 11 is 0. The Morgan fingerprint density at radius 2 is 1.77 bits per heavy atom. The molecule has 0 fully saturated rings. The van der Waals surface area contributed by atoms with Crippen molar-refractivity contribution in [3.8, 4) is 11.1 Å². The van der Waals surface area contributed by atoms with Crippen molar-refractivity contribution in [1.82, 2.24) is 20.3 Å².